The Morgan fingerprint density at radius 3 is 2.81 bits per heavy atom. The number of amides is 1. The Labute approximate surface area is 217 Å². The minimum atomic E-state index is 0.0734. The normalized spacial score (nSPS) is 41.9. The predicted molar refractivity (Wildman–Crippen MR) is 142 cm³/mol. The molecule has 3 saturated carbocycles. The molecule has 36 heavy (non-hydrogen) atoms. The lowest BCUT2D eigenvalue weighted by molar-refractivity contribution is -0.142. The van der Waals surface area contributed by atoms with E-state index in [0.717, 1.165) is 57.8 Å². The first-order valence-electron chi connectivity index (χ1n) is 15.1. The molecule has 3 aliphatic heterocycles. The molecule has 2 bridgehead atoms. The minimum absolute atomic E-state index is 0.0734. The second kappa shape index (κ2) is 8.46. The lowest BCUT2D eigenvalue weighted by atomic mass is 9.46. The van der Waals surface area contributed by atoms with E-state index in [1.54, 1.807) is 0 Å². The van der Waals surface area contributed by atoms with Gasteiger partial charge in [-0.2, -0.15) is 0 Å². The first-order valence-corrected chi connectivity index (χ1v) is 15.1. The molecule has 1 aromatic rings. The summed E-state index contributed by atoms with van der Waals surface area (Å²) >= 11 is 0. The molecular formula is C31H45N3O2. The van der Waals surface area contributed by atoms with Gasteiger partial charge in [-0.05, 0) is 124 Å². The second-order valence-corrected chi connectivity index (χ2v) is 13.3. The molecule has 5 nitrogen and oxygen atoms in total. The Balaban J connectivity index is 1.31. The van der Waals surface area contributed by atoms with Crippen LogP contribution < -0.4 is 5.32 Å². The number of carbonyl (C=O) groups is 1. The quantitative estimate of drug-likeness (QED) is 0.644. The summed E-state index contributed by atoms with van der Waals surface area (Å²) < 4.78 is 0. The fourth-order valence-electron chi connectivity index (χ4n) is 10.3. The van der Waals surface area contributed by atoms with Crippen molar-refractivity contribution >= 4 is 5.91 Å². The minimum Gasteiger partial charge on any atom is -0.508 e. The maximum Gasteiger partial charge on any atom is 0.227 e. The van der Waals surface area contributed by atoms with Gasteiger partial charge in [0, 0.05) is 37.1 Å². The summed E-state index contributed by atoms with van der Waals surface area (Å²) in [7, 11) is 0. The second-order valence-electron chi connectivity index (χ2n) is 13.3. The molecule has 3 heterocycles. The summed E-state index contributed by atoms with van der Waals surface area (Å²) in [5.74, 6) is 3.04. The highest BCUT2D eigenvalue weighted by Crippen LogP contribution is 2.74. The van der Waals surface area contributed by atoms with Gasteiger partial charge in [0.15, 0.2) is 0 Å². The van der Waals surface area contributed by atoms with Crippen molar-refractivity contribution in [3.63, 3.8) is 0 Å². The summed E-state index contributed by atoms with van der Waals surface area (Å²) in [6, 6.07) is 7.17. The smallest absolute Gasteiger partial charge is 0.227 e. The van der Waals surface area contributed by atoms with E-state index in [1.165, 1.54) is 49.8 Å². The average molecular weight is 492 g/mol. The van der Waals surface area contributed by atoms with Crippen LogP contribution in [0.25, 0.3) is 0 Å². The third-order valence-electron chi connectivity index (χ3n) is 11.9. The number of nitrogens with zero attached hydrogens (tertiary/aromatic N) is 2. The maximum absolute atomic E-state index is 13.9. The summed E-state index contributed by atoms with van der Waals surface area (Å²) in [6.07, 6.45) is 10.8. The highest BCUT2D eigenvalue weighted by Gasteiger charge is 2.74. The number of benzene rings is 1. The van der Waals surface area contributed by atoms with Crippen LogP contribution in [0, 0.1) is 29.1 Å². The summed E-state index contributed by atoms with van der Waals surface area (Å²) in [4.78, 5) is 19.1. The number of rotatable bonds is 5. The standard InChI is InChI=1S/C31H45N3O2/c1-3-22-8-9-25(35)15-26(22)31-12-14-33(18-21-6-7-21)20(2)30(31)11-10-27-28(31)24(16-30)19-34(27)29(36)23-5-4-13-32-17-23/h8-9,15,20-21,23-24,27-28,32,35H,3-7,10-14,16-19H2,1-2H3/t20?,23-,24+,27?,28?,30?,31?/m0/s1. The topological polar surface area (TPSA) is 55.8 Å². The summed E-state index contributed by atoms with van der Waals surface area (Å²) in [5, 5.41) is 14.2. The molecule has 0 radical (unpaired) electrons. The molecule has 3 saturated heterocycles. The number of aromatic hydroxyl groups is 1. The van der Waals surface area contributed by atoms with Crippen LogP contribution in [0.3, 0.4) is 0 Å². The molecule has 7 rings (SSSR count). The largest absolute Gasteiger partial charge is 0.508 e. The summed E-state index contributed by atoms with van der Waals surface area (Å²) in [6.45, 7) is 10.1. The van der Waals surface area contributed by atoms with Crippen LogP contribution in [0.2, 0.25) is 0 Å². The first kappa shape index (κ1) is 23.5. The van der Waals surface area contributed by atoms with E-state index in [1.807, 2.05) is 6.07 Å². The van der Waals surface area contributed by atoms with Gasteiger partial charge >= 0.3 is 0 Å². The Hall–Kier alpha value is -1.59. The Kier molecular flexibility index (Phi) is 5.53. The maximum atomic E-state index is 13.9. The van der Waals surface area contributed by atoms with Crippen LogP contribution in [-0.2, 0) is 16.6 Å². The fourth-order valence-corrected chi connectivity index (χ4v) is 10.3. The molecule has 0 spiro atoms. The van der Waals surface area contributed by atoms with Crippen LogP contribution in [0.4, 0.5) is 0 Å². The van der Waals surface area contributed by atoms with Crippen molar-refractivity contribution in [1.29, 1.82) is 0 Å². The molecule has 1 amide bonds. The molecule has 5 heteroatoms. The van der Waals surface area contributed by atoms with Crippen LogP contribution in [0.1, 0.15) is 76.3 Å². The van der Waals surface area contributed by atoms with Gasteiger partial charge < -0.3 is 15.3 Å². The molecule has 3 aliphatic carbocycles. The highest BCUT2D eigenvalue weighted by molar-refractivity contribution is 5.80. The van der Waals surface area contributed by atoms with Gasteiger partial charge in [-0.15, -0.1) is 0 Å². The Morgan fingerprint density at radius 1 is 1.19 bits per heavy atom. The van der Waals surface area contributed by atoms with Gasteiger partial charge in [0.2, 0.25) is 5.91 Å². The van der Waals surface area contributed by atoms with Crippen LogP contribution in [0.15, 0.2) is 18.2 Å². The molecule has 6 fully saturated rings. The van der Waals surface area contributed by atoms with Crippen molar-refractivity contribution in [2.24, 2.45) is 29.1 Å². The number of phenols is 1. The lowest BCUT2D eigenvalue weighted by Crippen LogP contribution is -2.67. The van der Waals surface area contributed by atoms with Crippen LogP contribution in [-0.4, -0.2) is 65.6 Å². The number of hydrogen-bond donors (Lipinski definition) is 2. The molecule has 2 N–H and O–H groups in total. The van der Waals surface area contributed by atoms with Gasteiger partial charge in [0.05, 0.1) is 5.92 Å². The zero-order valence-corrected chi connectivity index (χ0v) is 22.3. The van der Waals surface area contributed by atoms with Crippen LogP contribution >= 0.6 is 0 Å². The van der Waals surface area contributed by atoms with Crippen molar-refractivity contribution in [2.45, 2.75) is 89.1 Å². The van der Waals surface area contributed by atoms with Gasteiger partial charge in [0.1, 0.15) is 5.75 Å². The van der Waals surface area contributed by atoms with Gasteiger partial charge in [-0.25, -0.2) is 0 Å². The van der Waals surface area contributed by atoms with E-state index >= 15 is 0 Å². The van der Waals surface area contributed by atoms with Crippen molar-refractivity contribution in [3.8, 4) is 5.75 Å². The molecular weight excluding hydrogens is 446 g/mol. The Morgan fingerprint density at radius 2 is 2.06 bits per heavy atom. The first-order chi connectivity index (χ1) is 17.5. The third-order valence-corrected chi connectivity index (χ3v) is 11.9. The van der Waals surface area contributed by atoms with E-state index in [-0.39, 0.29) is 16.7 Å². The molecule has 6 aliphatic rings. The number of piperidine rings is 2. The van der Waals surface area contributed by atoms with Crippen LogP contribution in [0.5, 0.6) is 5.75 Å². The fraction of sp³-hybridized carbons (Fsp3) is 0.774. The Bertz CT molecular complexity index is 1030. The van der Waals surface area contributed by atoms with E-state index < -0.39 is 0 Å². The van der Waals surface area contributed by atoms with E-state index in [2.05, 4.69) is 41.1 Å². The van der Waals surface area contributed by atoms with Crippen molar-refractivity contribution < 1.29 is 9.90 Å². The average Bonchev–Trinajstić information content (AvgIpc) is 3.60. The lowest BCUT2D eigenvalue weighted by Gasteiger charge is -2.63. The molecule has 196 valence electrons. The van der Waals surface area contributed by atoms with E-state index in [9.17, 15) is 9.90 Å². The number of nitrogens with one attached hydrogen (secondary N) is 1. The molecule has 7 atom stereocenters. The number of carbonyl (C=O) groups excluding carboxylic acids is 1. The monoisotopic (exact) mass is 491 g/mol. The number of aryl methyl sites for hydroxylation is 1. The predicted octanol–water partition coefficient (Wildman–Crippen LogP) is 4.32. The molecule has 5 unspecified atom stereocenters. The third kappa shape index (κ3) is 3.17. The van der Waals surface area contributed by atoms with E-state index in [4.69, 9.17) is 0 Å². The zero-order valence-electron chi connectivity index (χ0n) is 22.3. The zero-order chi connectivity index (χ0) is 24.7. The molecule has 0 aromatic heterocycles. The van der Waals surface area contributed by atoms with Crippen molar-refractivity contribution in [1.82, 2.24) is 15.1 Å². The van der Waals surface area contributed by atoms with Crippen molar-refractivity contribution in [3.05, 3.63) is 29.3 Å². The van der Waals surface area contributed by atoms with E-state index in [0.29, 0.717) is 35.6 Å². The number of hydrogen-bond acceptors (Lipinski definition) is 4. The van der Waals surface area contributed by atoms with Gasteiger partial charge in [0.25, 0.3) is 0 Å². The van der Waals surface area contributed by atoms with Crippen molar-refractivity contribution in [2.75, 3.05) is 32.7 Å². The van der Waals surface area contributed by atoms with Gasteiger partial charge in [-0.3, -0.25) is 9.69 Å². The molecule has 1 aromatic carbocycles. The summed E-state index contributed by atoms with van der Waals surface area (Å²) in [5.41, 5.74) is 3.19. The number of phenolic OH excluding ortho intramolecular Hbond substituents is 1. The van der Waals surface area contributed by atoms with Gasteiger partial charge in [-0.1, -0.05) is 13.0 Å². The SMILES string of the molecule is CCc1ccc(O)cc1C12CCN(CC3CC3)C(C)C13CCC1C2[C@@H](CN1C(=O)[C@H]1CCCNC1)C3. The number of likely N-dealkylation sites (tertiary alicyclic amines) is 2. The highest BCUT2D eigenvalue weighted by atomic mass is 16.3.